The molecule has 0 saturated carbocycles. The number of hydrogen-bond acceptors (Lipinski definition) is 6. The van der Waals surface area contributed by atoms with Crippen LogP contribution in [0.5, 0.6) is 5.75 Å². The highest BCUT2D eigenvalue weighted by atomic mass is 19.1. The first-order valence-corrected chi connectivity index (χ1v) is 15.6. The van der Waals surface area contributed by atoms with Crippen LogP contribution in [-0.2, 0) is 22.4 Å². The number of hydrogen-bond donors (Lipinski definition) is 1. The largest absolute Gasteiger partial charge is 0.487 e. The van der Waals surface area contributed by atoms with Crippen LogP contribution < -0.4 is 15.5 Å². The lowest BCUT2D eigenvalue weighted by molar-refractivity contribution is -0.108. The Labute approximate surface area is 264 Å². The van der Waals surface area contributed by atoms with Gasteiger partial charge in [-0.2, -0.15) is 0 Å². The normalized spacial score (nSPS) is 23.7. The molecule has 2 bridgehead atoms. The molecule has 1 unspecified atom stereocenters. The summed E-state index contributed by atoms with van der Waals surface area (Å²) in [6.07, 6.45) is 3.80. The maximum atomic E-state index is 14.3. The molecular formula is C34H36F3N3O6. The molecule has 3 aliphatic heterocycles. The van der Waals surface area contributed by atoms with Gasteiger partial charge in [0.25, 0.3) is 11.8 Å². The molecule has 3 aromatic rings. The zero-order chi connectivity index (χ0) is 32.6. The molecule has 2 fully saturated rings. The van der Waals surface area contributed by atoms with Crippen LogP contribution in [0, 0.1) is 17.5 Å². The summed E-state index contributed by atoms with van der Waals surface area (Å²) in [5, 5.41) is 2.38. The molecule has 2 saturated heterocycles. The van der Waals surface area contributed by atoms with Gasteiger partial charge in [-0.15, -0.1) is 0 Å². The number of carbonyl (C=O) groups is 2. The molecule has 4 heterocycles. The quantitative estimate of drug-likeness (QED) is 0.335. The van der Waals surface area contributed by atoms with E-state index in [4.69, 9.17) is 14.2 Å². The van der Waals surface area contributed by atoms with E-state index >= 15 is 0 Å². The number of aromatic nitrogens is 1. The minimum absolute atomic E-state index is 0.0211. The summed E-state index contributed by atoms with van der Waals surface area (Å²) >= 11 is 0. The van der Waals surface area contributed by atoms with Crippen molar-refractivity contribution in [2.45, 2.75) is 76.5 Å². The Bertz CT molecular complexity index is 1680. The minimum atomic E-state index is -1.17. The van der Waals surface area contributed by atoms with E-state index in [1.807, 2.05) is 44.2 Å². The first-order chi connectivity index (χ1) is 22.1. The number of pyridine rings is 1. The number of amides is 2. The monoisotopic (exact) mass is 639 g/mol. The topological polar surface area (TPSA) is 99.1 Å². The number of fused-ring (bicyclic) bond motifs is 5. The fourth-order valence-corrected chi connectivity index (χ4v) is 6.53. The SMILES string of the molecule is CCCCOc1c2n(cc(C(=O)NCc3c(F)cc(F)cc3F)c1=O)[C@@H]1CN(C2=O)[C@@H](C)CC[C@]12COC(Cc1ccccc1)O2. The highest BCUT2D eigenvalue weighted by molar-refractivity contribution is 5.99. The first kappa shape index (κ1) is 31.8. The summed E-state index contributed by atoms with van der Waals surface area (Å²) in [6, 6.07) is 10.1. The van der Waals surface area contributed by atoms with Gasteiger partial charge in [0, 0.05) is 49.4 Å². The Morgan fingerprint density at radius 2 is 1.87 bits per heavy atom. The zero-order valence-corrected chi connectivity index (χ0v) is 25.7. The summed E-state index contributed by atoms with van der Waals surface area (Å²) < 4.78 is 62.5. The summed E-state index contributed by atoms with van der Waals surface area (Å²) in [5.74, 6) is -5.03. The zero-order valence-electron chi connectivity index (χ0n) is 25.7. The molecule has 0 aliphatic carbocycles. The van der Waals surface area contributed by atoms with Gasteiger partial charge in [0.1, 0.15) is 28.6 Å². The molecule has 1 spiro atoms. The number of nitrogens with one attached hydrogen (secondary N) is 1. The van der Waals surface area contributed by atoms with Crippen molar-refractivity contribution in [1.82, 2.24) is 14.8 Å². The average Bonchev–Trinajstić information content (AvgIpc) is 3.38. The molecule has 12 heteroatoms. The molecule has 3 aliphatic rings. The van der Waals surface area contributed by atoms with Gasteiger partial charge in [-0.25, -0.2) is 13.2 Å². The number of unbranched alkanes of at least 4 members (excludes halogenated alkanes) is 1. The van der Waals surface area contributed by atoms with Crippen molar-refractivity contribution in [3.05, 3.63) is 98.7 Å². The van der Waals surface area contributed by atoms with E-state index in [1.165, 1.54) is 6.20 Å². The molecule has 2 aromatic carbocycles. The van der Waals surface area contributed by atoms with Crippen LogP contribution in [0.1, 0.15) is 77.5 Å². The minimum Gasteiger partial charge on any atom is -0.487 e. The van der Waals surface area contributed by atoms with Crippen molar-refractivity contribution in [2.75, 3.05) is 19.8 Å². The van der Waals surface area contributed by atoms with Crippen LogP contribution in [0.2, 0.25) is 0 Å². The van der Waals surface area contributed by atoms with Crippen molar-refractivity contribution in [2.24, 2.45) is 0 Å². The molecule has 1 aromatic heterocycles. The third-order valence-corrected chi connectivity index (χ3v) is 9.13. The summed E-state index contributed by atoms with van der Waals surface area (Å²) in [4.78, 5) is 43.0. The van der Waals surface area contributed by atoms with E-state index in [0.29, 0.717) is 37.8 Å². The number of benzene rings is 2. The van der Waals surface area contributed by atoms with Crippen molar-refractivity contribution < 1.29 is 37.0 Å². The second-order valence-corrected chi connectivity index (χ2v) is 12.2. The fourth-order valence-electron chi connectivity index (χ4n) is 6.53. The van der Waals surface area contributed by atoms with Gasteiger partial charge in [0.15, 0.2) is 17.7 Å². The van der Waals surface area contributed by atoms with E-state index in [0.717, 1.165) is 12.0 Å². The Kier molecular flexibility index (Phi) is 8.93. The molecule has 244 valence electrons. The van der Waals surface area contributed by atoms with Crippen LogP contribution in [0.25, 0.3) is 0 Å². The lowest BCUT2D eigenvalue weighted by atomic mass is 9.88. The van der Waals surface area contributed by atoms with Gasteiger partial charge < -0.3 is 29.0 Å². The highest BCUT2D eigenvalue weighted by Crippen LogP contribution is 2.46. The first-order valence-electron chi connectivity index (χ1n) is 15.6. The third kappa shape index (κ3) is 5.91. The second-order valence-electron chi connectivity index (χ2n) is 12.2. The number of rotatable bonds is 9. The molecule has 4 atom stereocenters. The average molecular weight is 640 g/mol. The molecule has 6 rings (SSSR count). The number of carbonyl (C=O) groups excluding carboxylic acids is 2. The maximum Gasteiger partial charge on any atom is 0.274 e. The van der Waals surface area contributed by atoms with Crippen molar-refractivity contribution in [1.29, 1.82) is 0 Å². The van der Waals surface area contributed by atoms with Gasteiger partial charge in [-0.3, -0.25) is 14.4 Å². The number of halogens is 3. The second kappa shape index (κ2) is 12.9. The van der Waals surface area contributed by atoms with Gasteiger partial charge in [-0.1, -0.05) is 43.7 Å². The summed E-state index contributed by atoms with van der Waals surface area (Å²) in [7, 11) is 0. The highest BCUT2D eigenvalue weighted by Gasteiger charge is 2.54. The maximum absolute atomic E-state index is 14.3. The smallest absolute Gasteiger partial charge is 0.274 e. The van der Waals surface area contributed by atoms with Crippen molar-refractivity contribution >= 4 is 11.8 Å². The van der Waals surface area contributed by atoms with E-state index in [2.05, 4.69) is 5.32 Å². The van der Waals surface area contributed by atoms with Crippen molar-refractivity contribution in [3.63, 3.8) is 0 Å². The van der Waals surface area contributed by atoms with Crippen LogP contribution in [-0.4, -0.2) is 59.0 Å². The Hall–Kier alpha value is -4.16. The Morgan fingerprint density at radius 3 is 2.59 bits per heavy atom. The summed E-state index contributed by atoms with van der Waals surface area (Å²) in [6.45, 7) is 3.87. The number of ether oxygens (including phenoxy) is 3. The van der Waals surface area contributed by atoms with E-state index in [1.54, 1.807) is 9.47 Å². The number of nitrogens with zero attached hydrogens (tertiary/aromatic N) is 2. The van der Waals surface area contributed by atoms with Crippen LogP contribution in [0.3, 0.4) is 0 Å². The summed E-state index contributed by atoms with van der Waals surface area (Å²) in [5.41, 5.74) is -1.58. The van der Waals surface area contributed by atoms with E-state index in [9.17, 15) is 27.6 Å². The predicted octanol–water partition coefficient (Wildman–Crippen LogP) is 4.91. The molecule has 9 nitrogen and oxygen atoms in total. The standard InChI is InChI=1S/C34H36F3N3O6/c1-3-4-12-44-31-29-33(43)39-18-27(34(11-10-20(39)2)19-45-28(46-34)13-21-8-6-5-7-9-21)40(29)17-24(30(31)41)32(42)38-16-23-25(36)14-22(35)15-26(23)37/h5-9,14-15,17,20,27-28H,3-4,10-13,16,18-19H2,1-2H3,(H,38,42)/t20-,27+,28?,34-/m0/s1. The van der Waals surface area contributed by atoms with Crippen LogP contribution in [0.15, 0.2) is 53.5 Å². The van der Waals surface area contributed by atoms with Gasteiger partial charge >= 0.3 is 0 Å². The van der Waals surface area contributed by atoms with E-state index < -0.39 is 64.7 Å². The molecule has 46 heavy (non-hydrogen) atoms. The van der Waals surface area contributed by atoms with E-state index in [-0.39, 0.29) is 42.8 Å². The lowest BCUT2D eigenvalue weighted by Crippen LogP contribution is -2.53. The molecular weight excluding hydrogens is 603 g/mol. The Balaban J connectivity index is 1.40. The fraction of sp³-hybridized carbons (Fsp3) is 0.441. The predicted molar refractivity (Wildman–Crippen MR) is 161 cm³/mol. The van der Waals surface area contributed by atoms with Crippen LogP contribution in [0.4, 0.5) is 13.2 Å². The third-order valence-electron chi connectivity index (χ3n) is 9.13. The van der Waals surface area contributed by atoms with Crippen LogP contribution >= 0.6 is 0 Å². The van der Waals surface area contributed by atoms with Gasteiger partial charge in [0.2, 0.25) is 5.43 Å². The van der Waals surface area contributed by atoms with Gasteiger partial charge in [0.05, 0.1) is 19.3 Å². The molecule has 2 amide bonds. The van der Waals surface area contributed by atoms with Crippen molar-refractivity contribution in [3.8, 4) is 5.75 Å². The van der Waals surface area contributed by atoms with Gasteiger partial charge in [-0.05, 0) is 31.7 Å². The molecule has 0 radical (unpaired) electrons. The Morgan fingerprint density at radius 1 is 1.13 bits per heavy atom. The lowest BCUT2D eigenvalue weighted by Gasteiger charge is -2.42. The molecule has 1 N–H and O–H groups in total.